The van der Waals surface area contributed by atoms with Crippen molar-refractivity contribution in [2.45, 2.75) is 6.92 Å². The lowest BCUT2D eigenvalue weighted by molar-refractivity contribution is -0.114. The fourth-order valence-corrected chi connectivity index (χ4v) is 2.47. The van der Waals surface area contributed by atoms with Gasteiger partial charge in [0.15, 0.2) is 0 Å². The number of nitrogens with one attached hydrogen (secondary N) is 3. The third kappa shape index (κ3) is 5.46. The quantitative estimate of drug-likeness (QED) is 0.617. The molecule has 1 aromatic heterocycles. The van der Waals surface area contributed by atoms with Crippen LogP contribution in [0.25, 0.3) is 0 Å². The Hall–Kier alpha value is -4.07. The Kier molecular flexibility index (Phi) is 5.94. The first kappa shape index (κ1) is 19.7. The number of hydrogen-bond donors (Lipinski definition) is 3. The van der Waals surface area contributed by atoms with Gasteiger partial charge in [0.25, 0.3) is 11.8 Å². The van der Waals surface area contributed by atoms with E-state index in [2.05, 4.69) is 20.9 Å². The van der Waals surface area contributed by atoms with Crippen molar-refractivity contribution in [3.8, 4) is 0 Å². The minimum atomic E-state index is -0.474. The SMILES string of the molecule is CC(=O)Nc1ccc(NC(=O)c2cncc(C(=O)Nc3ccc(F)cc3)c2)cc1. The Morgan fingerprint density at radius 3 is 1.59 bits per heavy atom. The summed E-state index contributed by atoms with van der Waals surface area (Å²) in [4.78, 5) is 39.8. The van der Waals surface area contributed by atoms with Crippen LogP contribution >= 0.6 is 0 Å². The highest BCUT2D eigenvalue weighted by atomic mass is 19.1. The maximum absolute atomic E-state index is 13.0. The van der Waals surface area contributed by atoms with Gasteiger partial charge < -0.3 is 16.0 Å². The number of carbonyl (C=O) groups excluding carboxylic acids is 3. The van der Waals surface area contributed by atoms with E-state index in [-0.39, 0.29) is 17.0 Å². The fourth-order valence-electron chi connectivity index (χ4n) is 2.47. The summed E-state index contributed by atoms with van der Waals surface area (Å²) in [6.07, 6.45) is 2.67. The first-order valence-electron chi connectivity index (χ1n) is 8.62. The Labute approximate surface area is 166 Å². The number of halogens is 1. The molecule has 0 aliphatic heterocycles. The van der Waals surface area contributed by atoms with Crippen LogP contribution in [0.3, 0.4) is 0 Å². The van der Waals surface area contributed by atoms with Gasteiger partial charge in [-0.15, -0.1) is 0 Å². The van der Waals surface area contributed by atoms with E-state index in [0.29, 0.717) is 17.1 Å². The van der Waals surface area contributed by atoms with Crippen LogP contribution in [0.4, 0.5) is 21.5 Å². The van der Waals surface area contributed by atoms with Gasteiger partial charge in [0.05, 0.1) is 11.1 Å². The highest BCUT2D eigenvalue weighted by molar-refractivity contribution is 6.08. The second-order valence-electron chi connectivity index (χ2n) is 6.14. The van der Waals surface area contributed by atoms with Crippen LogP contribution in [0.5, 0.6) is 0 Å². The van der Waals surface area contributed by atoms with Crippen LogP contribution in [-0.4, -0.2) is 22.7 Å². The zero-order valence-electron chi connectivity index (χ0n) is 15.4. The van der Waals surface area contributed by atoms with Crippen LogP contribution in [0.15, 0.2) is 67.0 Å². The minimum Gasteiger partial charge on any atom is -0.326 e. The second-order valence-corrected chi connectivity index (χ2v) is 6.14. The predicted molar refractivity (Wildman–Crippen MR) is 107 cm³/mol. The van der Waals surface area contributed by atoms with Crippen LogP contribution in [0.1, 0.15) is 27.6 Å². The summed E-state index contributed by atoms with van der Waals surface area (Å²) in [7, 11) is 0. The molecule has 3 rings (SSSR count). The first-order chi connectivity index (χ1) is 13.9. The molecule has 0 atom stereocenters. The molecular weight excluding hydrogens is 375 g/mol. The molecule has 3 amide bonds. The van der Waals surface area contributed by atoms with Crippen molar-refractivity contribution < 1.29 is 18.8 Å². The number of benzene rings is 2. The molecule has 1 heterocycles. The standard InChI is InChI=1S/C21H17FN4O3/c1-13(27)24-17-6-8-19(9-7-17)26-21(29)15-10-14(11-23-12-15)20(28)25-18-4-2-16(22)3-5-18/h2-12H,1H3,(H,24,27)(H,25,28)(H,26,29). The maximum Gasteiger partial charge on any atom is 0.257 e. The number of pyridine rings is 1. The molecule has 0 saturated heterocycles. The van der Waals surface area contributed by atoms with Gasteiger partial charge in [-0.3, -0.25) is 19.4 Å². The van der Waals surface area contributed by atoms with E-state index in [9.17, 15) is 18.8 Å². The monoisotopic (exact) mass is 392 g/mol. The van der Waals surface area contributed by atoms with Gasteiger partial charge in [-0.2, -0.15) is 0 Å². The molecule has 0 aliphatic carbocycles. The molecule has 3 aromatic rings. The van der Waals surface area contributed by atoms with Gasteiger partial charge in [0.1, 0.15) is 5.82 Å². The van der Waals surface area contributed by atoms with Gasteiger partial charge >= 0.3 is 0 Å². The summed E-state index contributed by atoms with van der Waals surface area (Å²) in [6, 6.07) is 13.3. The Bertz CT molecular complexity index is 1050. The van der Waals surface area contributed by atoms with Crippen molar-refractivity contribution in [1.29, 1.82) is 0 Å². The number of carbonyl (C=O) groups is 3. The number of nitrogens with zero attached hydrogens (tertiary/aromatic N) is 1. The summed E-state index contributed by atoms with van der Waals surface area (Å²) in [5.74, 6) is -1.52. The molecule has 2 aromatic carbocycles. The van der Waals surface area contributed by atoms with Crippen molar-refractivity contribution in [3.05, 3.63) is 83.9 Å². The van der Waals surface area contributed by atoms with Crippen LogP contribution in [0, 0.1) is 5.82 Å². The molecule has 0 bridgehead atoms. The third-order valence-electron chi connectivity index (χ3n) is 3.83. The number of rotatable bonds is 5. The van der Waals surface area contributed by atoms with Crippen LogP contribution in [0.2, 0.25) is 0 Å². The Balaban J connectivity index is 1.68. The van der Waals surface area contributed by atoms with Gasteiger partial charge in [-0.05, 0) is 54.6 Å². The zero-order valence-corrected chi connectivity index (χ0v) is 15.4. The Morgan fingerprint density at radius 1 is 0.724 bits per heavy atom. The molecule has 146 valence electrons. The van der Waals surface area contributed by atoms with Gasteiger partial charge in [0.2, 0.25) is 5.91 Å². The smallest absolute Gasteiger partial charge is 0.257 e. The van der Waals surface area contributed by atoms with Gasteiger partial charge in [0, 0.05) is 36.4 Å². The summed E-state index contributed by atoms with van der Waals surface area (Å²) in [6.45, 7) is 1.40. The number of anilines is 3. The van der Waals surface area contributed by atoms with Gasteiger partial charge in [-0.25, -0.2) is 4.39 Å². The van der Waals surface area contributed by atoms with Gasteiger partial charge in [-0.1, -0.05) is 0 Å². The van der Waals surface area contributed by atoms with E-state index in [1.807, 2.05) is 0 Å². The van der Waals surface area contributed by atoms with E-state index >= 15 is 0 Å². The summed E-state index contributed by atoms with van der Waals surface area (Å²) in [5.41, 5.74) is 1.93. The number of hydrogen-bond acceptors (Lipinski definition) is 4. The lowest BCUT2D eigenvalue weighted by Crippen LogP contribution is -2.16. The molecule has 0 fully saturated rings. The number of amides is 3. The molecule has 0 aliphatic rings. The van der Waals surface area contributed by atoms with Crippen molar-refractivity contribution >= 4 is 34.8 Å². The number of aromatic nitrogens is 1. The molecule has 0 saturated carbocycles. The average Bonchev–Trinajstić information content (AvgIpc) is 2.71. The fraction of sp³-hybridized carbons (Fsp3) is 0.0476. The van der Waals surface area contributed by atoms with Crippen LogP contribution in [-0.2, 0) is 4.79 Å². The molecule has 0 unspecified atom stereocenters. The third-order valence-corrected chi connectivity index (χ3v) is 3.83. The normalized spacial score (nSPS) is 10.1. The predicted octanol–water partition coefficient (Wildman–Crippen LogP) is 3.68. The molecular formula is C21H17FN4O3. The van der Waals surface area contributed by atoms with Crippen molar-refractivity contribution in [2.75, 3.05) is 16.0 Å². The first-order valence-corrected chi connectivity index (χ1v) is 8.62. The molecule has 0 radical (unpaired) electrons. The molecule has 0 spiro atoms. The van der Waals surface area contributed by atoms with E-state index in [4.69, 9.17) is 0 Å². The van der Waals surface area contributed by atoms with E-state index in [1.165, 1.54) is 49.6 Å². The van der Waals surface area contributed by atoms with Crippen LogP contribution < -0.4 is 16.0 Å². The highest BCUT2D eigenvalue weighted by Crippen LogP contribution is 2.15. The van der Waals surface area contributed by atoms with Crippen molar-refractivity contribution in [3.63, 3.8) is 0 Å². The molecule has 8 heteroatoms. The Morgan fingerprint density at radius 2 is 1.14 bits per heavy atom. The van der Waals surface area contributed by atoms with E-state index in [0.717, 1.165) is 0 Å². The summed E-state index contributed by atoms with van der Waals surface area (Å²) < 4.78 is 13.0. The van der Waals surface area contributed by atoms with E-state index in [1.54, 1.807) is 24.3 Å². The molecule has 29 heavy (non-hydrogen) atoms. The molecule has 7 nitrogen and oxygen atoms in total. The average molecular weight is 392 g/mol. The lowest BCUT2D eigenvalue weighted by atomic mass is 10.1. The minimum absolute atomic E-state index is 0.183. The van der Waals surface area contributed by atoms with Crippen molar-refractivity contribution in [2.24, 2.45) is 0 Å². The topological polar surface area (TPSA) is 100 Å². The lowest BCUT2D eigenvalue weighted by Gasteiger charge is -2.08. The van der Waals surface area contributed by atoms with Crippen molar-refractivity contribution in [1.82, 2.24) is 4.98 Å². The second kappa shape index (κ2) is 8.75. The summed E-state index contributed by atoms with van der Waals surface area (Å²) in [5, 5.41) is 7.94. The molecule has 3 N–H and O–H groups in total. The summed E-state index contributed by atoms with van der Waals surface area (Å²) >= 11 is 0. The highest BCUT2D eigenvalue weighted by Gasteiger charge is 2.12. The largest absolute Gasteiger partial charge is 0.326 e. The zero-order chi connectivity index (χ0) is 20.8. The van der Waals surface area contributed by atoms with E-state index < -0.39 is 17.6 Å². The maximum atomic E-state index is 13.0.